The Kier molecular flexibility index (Phi) is 3.85. The van der Waals surface area contributed by atoms with E-state index in [1.54, 1.807) is 0 Å². The van der Waals surface area contributed by atoms with Gasteiger partial charge < -0.3 is 5.73 Å². The van der Waals surface area contributed by atoms with E-state index in [1.165, 1.54) is 6.20 Å². The summed E-state index contributed by atoms with van der Waals surface area (Å²) in [6, 6.07) is 9.41. The molecule has 0 saturated heterocycles. The Labute approximate surface area is 109 Å². The first-order valence-electron chi connectivity index (χ1n) is 5.79. The van der Waals surface area contributed by atoms with Crippen molar-refractivity contribution in [2.24, 2.45) is 5.73 Å². The van der Waals surface area contributed by atoms with Crippen molar-refractivity contribution in [2.75, 3.05) is 0 Å². The lowest BCUT2D eigenvalue weighted by Crippen LogP contribution is -2.19. The summed E-state index contributed by atoms with van der Waals surface area (Å²) in [5, 5.41) is 0. The van der Waals surface area contributed by atoms with Crippen LogP contribution in [0.25, 0.3) is 0 Å². The molecule has 0 aliphatic carbocycles. The molecule has 0 fully saturated rings. The first-order chi connectivity index (χ1) is 8.98. The Morgan fingerprint density at radius 1 is 1.11 bits per heavy atom. The first kappa shape index (κ1) is 13.5. The van der Waals surface area contributed by atoms with Crippen molar-refractivity contribution in [1.29, 1.82) is 0 Å². The molecule has 0 aliphatic heterocycles. The molecule has 0 saturated carbocycles. The van der Waals surface area contributed by atoms with E-state index >= 15 is 0 Å². The monoisotopic (exact) mass is 266 g/mol. The van der Waals surface area contributed by atoms with E-state index in [4.69, 9.17) is 5.73 Å². The molecule has 0 spiro atoms. The topological polar surface area (TPSA) is 38.9 Å². The second-order valence-electron chi connectivity index (χ2n) is 4.26. The number of benzene rings is 1. The Balaban J connectivity index is 2.27. The van der Waals surface area contributed by atoms with Crippen molar-refractivity contribution in [3.05, 3.63) is 65.5 Å². The molecule has 1 heterocycles. The molecule has 0 radical (unpaired) electrons. The highest BCUT2D eigenvalue weighted by Crippen LogP contribution is 2.34. The molecule has 5 heteroatoms. The number of aromatic nitrogens is 1. The zero-order chi connectivity index (χ0) is 13.9. The molecule has 1 atom stereocenters. The molecule has 2 rings (SSSR count). The smallest absolute Gasteiger partial charge is 0.324 e. The number of nitrogens with zero attached hydrogens (tertiary/aromatic N) is 1. The van der Waals surface area contributed by atoms with E-state index < -0.39 is 17.8 Å². The maximum absolute atomic E-state index is 12.9. The molecule has 2 aromatic rings. The van der Waals surface area contributed by atoms with Gasteiger partial charge in [-0.25, -0.2) is 0 Å². The van der Waals surface area contributed by atoms with Gasteiger partial charge in [0.15, 0.2) is 0 Å². The fourth-order valence-electron chi connectivity index (χ4n) is 1.94. The Morgan fingerprint density at radius 3 is 2.42 bits per heavy atom. The van der Waals surface area contributed by atoms with E-state index in [0.717, 1.165) is 17.8 Å². The van der Waals surface area contributed by atoms with Crippen LogP contribution < -0.4 is 5.73 Å². The third kappa shape index (κ3) is 3.32. The van der Waals surface area contributed by atoms with Crippen LogP contribution in [0.15, 0.2) is 48.8 Å². The molecule has 2 N–H and O–H groups in total. The summed E-state index contributed by atoms with van der Waals surface area (Å²) < 4.78 is 38.6. The normalized spacial score (nSPS) is 13.3. The Morgan fingerprint density at radius 2 is 1.79 bits per heavy atom. The summed E-state index contributed by atoms with van der Waals surface area (Å²) in [4.78, 5) is 3.74. The Bertz CT molecular complexity index is 538. The van der Waals surface area contributed by atoms with E-state index in [9.17, 15) is 13.2 Å². The van der Waals surface area contributed by atoms with E-state index in [0.29, 0.717) is 6.42 Å². The fraction of sp³-hybridized carbons (Fsp3) is 0.214. The van der Waals surface area contributed by atoms with Gasteiger partial charge in [0.05, 0.1) is 5.56 Å². The molecule has 0 bridgehead atoms. The highest BCUT2D eigenvalue weighted by atomic mass is 19.4. The van der Waals surface area contributed by atoms with Crippen LogP contribution in [0.1, 0.15) is 22.7 Å². The van der Waals surface area contributed by atoms with Crippen molar-refractivity contribution in [3.8, 4) is 0 Å². The first-order valence-corrected chi connectivity index (χ1v) is 5.79. The van der Waals surface area contributed by atoms with Gasteiger partial charge in [0.2, 0.25) is 0 Å². The van der Waals surface area contributed by atoms with Crippen molar-refractivity contribution in [1.82, 2.24) is 4.98 Å². The number of hydrogen-bond acceptors (Lipinski definition) is 2. The summed E-state index contributed by atoms with van der Waals surface area (Å²) in [6.45, 7) is 0. The molecule has 0 amide bonds. The van der Waals surface area contributed by atoms with Crippen molar-refractivity contribution in [3.63, 3.8) is 0 Å². The van der Waals surface area contributed by atoms with Gasteiger partial charge in [0.1, 0.15) is 0 Å². The van der Waals surface area contributed by atoms with Crippen LogP contribution in [0.5, 0.6) is 0 Å². The second kappa shape index (κ2) is 5.40. The molecule has 2 nitrogen and oxygen atoms in total. The predicted octanol–water partition coefficient (Wildman–Crippen LogP) is 3.34. The molecule has 19 heavy (non-hydrogen) atoms. The SMILES string of the molecule is NC(Cc1ccccc1)c1cnccc1C(F)(F)F. The number of rotatable bonds is 3. The molecule has 0 aliphatic rings. The standard InChI is InChI=1S/C14H13F3N2/c15-14(16,17)12-6-7-19-9-11(12)13(18)8-10-4-2-1-3-5-10/h1-7,9,13H,8,18H2. The zero-order valence-electron chi connectivity index (χ0n) is 10.1. The van der Waals surface area contributed by atoms with E-state index in [-0.39, 0.29) is 5.56 Å². The second-order valence-corrected chi connectivity index (χ2v) is 4.26. The van der Waals surface area contributed by atoms with E-state index in [2.05, 4.69) is 4.98 Å². The largest absolute Gasteiger partial charge is 0.416 e. The number of nitrogens with two attached hydrogens (primary N) is 1. The van der Waals surface area contributed by atoms with Crippen LogP contribution in [0.4, 0.5) is 13.2 Å². The predicted molar refractivity (Wildman–Crippen MR) is 66.3 cm³/mol. The molecule has 1 aromatic carbocycles. The Hall–Kier alpha value is -1.88. The third-order valence-corrected chi connectivity index (χ3v) is 2.86. The van der Waals surface area contributed by atoms with Crippen molar-refractivity contribution >= 4 is 0 Å². The molecule has 1 aromatic heterocycles. The fourth-order valence-corrected chi connectivity index (χ4v) is 1.94. The van der Waals surface area contributed by atoms with Gasteiger partial charge in [-0.05, 0) is 23.6 Å². The number of alkyl halides is 3. The van der Waals surface area contributed by atoms with Gasteiger partial charge in [0, 0.05) is 18.4 Å². The summed E-state index contributed by atoms with van der Waals surface area (Å²) >= 11 is 0. The summed E-state index contributed by atoms with van der Waals surface area (Å²) in [5.74, 6) is 0. The van der Waals surface area contributed by atoms with Crippen LogP contribution in [-0.4, -0.2) is 4.98 Å². The lowest BCUT2D eigenvalue weighted by atomic mass is 9.97. The van der Waals surface area contributed by atoms with Crippen molar-refractivity contribution < 1.29 is 13.2 Å². The molecule has 1 unspecified atom stereocenters. The van der Waals surface area contributed by atoms with Gasteiger partial charge in [-0.2, -0.15) is 13.2 Å². The molecular weight excluding hydrogens is 253 g/mol. The van der Waals surface area contributed by atoms with Crippen LogP contribution in [0.3, 0.4) is 0 Å². The highest BCUT2D eigenvalue weighted by molar-refractivity contribution is 5.30. The van der Waals surface area contributed by atoms with Crippen LogP contribution in [0.2, 0.25) is 0 Å². The maximum Gasteiger partial charge on any atom is 0.416 e. The lowest BCUT2D eigenvalue weighted by molar-refractivity contribution is -0.138. The minimum Gasteiger partial charge on any atom is -0.324 e. The minimum absolute atomic E-state index is 0.0267. The highest BCUT2D eigenvalue weighted by Gasteiger charge is 2.34. The van der Waals surface area contributed by atoms with Gasteiger partial charge in [-0.15, -0.1) is 0 Å². The summed E-state index contributed by atoms with van der Waals surface area (Å²) in [7, 11) is 0. The third-order valence-electron chi connectivity index (χ3n) is 2.86. The number of hydrogen-bond donors (Lipinski definition) is 1. The zero-order valence-corrected chi connectivity index (χ0v) is 10.1. The average Bonchev–Trinajstić information content (AvgIpc) is 2.39. The minimum atomic E-state index is -4.41. The van der Waals surface area contributed by atoms with Gasteiger partial charge in [0.25, 0.3) is 0 Å². The summed E-state index contributed by atoms with van der Waals surface area (Å²) in [5.41, 5.74) is 6.09. The van der Waals surface area contributed by atoms with Gasteiger partial charge >= 0.3 is 6.18 Å². The van der Waals surface area contributed by atoms with Gasteiger partial charge in [-0.3, -0.25) is 4.98 Å². The van der Waals surface area contributed by atoms with Crippen LogP contribution in [0, 0.1) is 0 Å². The lowest BCUT2D eigenvalue weighted by Gasteiger charge is -2.17. The quantitative estimate of drug-likeness (QED) is 0.925. The average molecular weight is 266 g/mol. The number of halogens is 3. The molecular formula is C14H13F3N2. The summed E-state index contributed by atoms with van der Waals surface area (Å²) in [6.07, 6.45) is -1.75. The maximum atomic E-state index is 12.9. The molecule has 100 valence electrons. The van der Waals surface area contributed by atoms with Crippen LogP contribution >= 0.6 is 0 Å². The van der Waals surface area contributed by atoms with Crippen molar-refractivity contribution in [2.45, 2.75) is 18.6 Å². The van der Waals surface area contributed by atoms with Gasteiger partial charge in [-0.1, -0.05) is 30.3 Å². The van der Waals surface area contributed by atoms with E-state index in [1.807, 2.05) is 30.3 Å². The van der Waals surface area contributed by atoms with Crippen LogP contribution in [-0.2, 0) is 12.6 Å². The number of pyridine rings is 1.